The Balaban J connectivity index is 1.56. The van der Waals surface area contributed by atoms with E-state index in [4.69, 9.17) is 11.6 Å². The molecular formula is C20H18ClN3O2S. The summed E-state index contributed by atoms with van der Waals surface area (Å²) in [5.41, 5.74) is 2.88. The quantitative estimate of drug-likeness (QED) is 0.695. The molecule has 7 heteroatoms. The van der Waals surface area contributed by atoms with Crippen LogP contribution < -0.4 is 9.62 Å². The molecule has 0 unspecified atom stereocenters. The second-order valence-corrected chi connectivity index (χ2v) is 8.47. The second-order valence-electron chi connectivity index (χ2n) is 6.35. The minimum atomic E-state index is -3.68. The normalized spacial score (nSPS) is 13.9. The van der Waals surface area contributed by atoms with Crippen LogP contribution in [-0.2, 0) is 16.4 Å². The number of hydrogen-bond acceptors (Lipinski definition) is 4. The maximum Gasteiger partial charge on any atom is 0.261 e. The number of hydrogen-bond donors (Lipinski definition) is 1. The molecule has 1 aromatic heterocycles. The minimum absolute atomic E-state index is 0.154. The standard InChI is InChI=1S/C20H18ClN3O2S/c21-16-7-10-18(11-8-16)27(25,26)23-17-9-12-20(22-14-17)24-13-3-5-15-4-1-2-6-19(15)24/h1-2,4,6-12,14,23H,3,5,13H2. The highest BCUT2D eigenvalue weighted by Gasteiger charge is 2.19. The molecule has 1 aliphatic rings. The molecule has 2 aromatic carbocycles. The topological polar surface area (TPSA) is 62.3 Å². The van der Waals surface area contributed by atoms with E-state index in [1.54, 1.807) is 24.4 Å². The van der Waals surface area contributed by atoms with Crippen molar-refractivity contribution in [2.45, 2.75) is 17.7 Å². The van der Waals surface area contributed by atoms with E-state index < -0.39 is 10.0 Å². The van der Waals surface area contributed by atoms with Crippen LogP contribution in [0.15, 0.2) is 71.8 Å². The van der Waals surface area contributed by atoms with Crippen LogP contribution in [0.1, 0.15) is 12.0 Å². The molecule has 0 amide bonds. The number of pyridine rings is 1. The van der Waals surface area contributed by atoms with Crippen LogP contribution >= 0.6 is 11.6 Å². The summed E-state index contributed by atoms with van der Waals surface area (Å²) < 4.78 is 27.5. The first-order valence-corrected chi connectivity index (χ1v) is 10.5. The van der Waals surface area contributed by atoms with Crippen LogP contribution in [0.2, 0.25) is 5.02 Å². The van der Waals surface area contributed by atoms with E-state index in [9.17, 15) is 8.42 Å². The Labute approximate surface area is 163 Å². The fourth-order valence-electron chi connectivity index (χ4n) is 3.21. The predicted molar refractivity (Wildman–Crippen MR) is 108 cm³/mol. The lowest BCUT2D eigenvalue weighted by molar-refractivity contribution is 0.601. The number of benzene rings is 2. The first-order chi connectivity index (χ1) is 13.0. The van der Waals surface area contributed by atoms with E-state index in [1.807, 2.05) is 18.2 Å². The number of nitrogens with one attached hydrogen (secondary N) is 1. The molecule has 0 fully saturated rings. The SMILES string of the molecule is O=S(=O)(Nc1ccc(N2CCCc3ccccc32)nc1)c1ccc(Cl)cc1. The number of sulfonamides is 1. The third-order valence-electron chi connectivity index (χ3n) is 4.51. The largest absolute Gasteiger partial charge is 0.326 e. The Bertz CT molecular complexity index is 1050. The summed E-state index contributed by atoms with van der Waals surface area (Å²) in [4.78, 5) is 6.79. The second kappa shape index (κ2) is 7.21. The zero-order valence-electron chi connectivity index (χ0n) is 14.5. The zero-order valence-corrected chi connectivity index (χ0v) is 16.0. The summed E-state index contributed by atoms with van der Waals surface area (Å²) >= 11 is 5.82. The van der Waals surface area contributed by atoms with Gasteiger partial charge in [-0.2, -0.15) is 0 Å². The predicted octanol–water partition coefficient (Wildman–Crippen LogP) is 4.62. The number of fused-ring (bicyclic) bond motifs is 1. The van der Waals surface area contributed by atoms with E-state index in [2.05, 4.69) is 26.7 Å². The Hall–Kier alpha value is -2.57. The highest BCUT2D eigenvalue weighted by molar-refractivity contribution is 7.92. The Kier molecular flexibility index (Phi) is 4.76. The first-order valence-electron chi connectivity index (χ1n) is 8.63. The van der Waals surface area contributed by atoms with Gasteiger partial charge in [-0.1, -0.05) is 29.8 Å². The van der Waals surface area contributed by atoms with Crippen LogP contribution in [0.5, 0.6) is 0 Å². The molecule has 3 aromatic rings. The van der Waals surface area contributed by atoms with Gasteiger partial charge in [0.15, 0.2) is 0 Å². The van der Waals surface area contributed by atoms with Crippen molar-refractivity contribution in [3.8, 4) is 0 Å². The van der Waals surface area contributed by atoms with Crippen molar-refractivity contribution in [3.05, 3.63) is 77.4 Å². The van der Waals surface area contributed by atoms with Crippen LogP contribution in [0.25, 0.3) is 0 Å². The van der Waals surface area contributed by atoms with Crippen molar-refractivity contribution in [3.63, 3.8) is 0 Å². The average molecular weight is 400 g/mol. The summed E-state index contributed by atoms with van der Waals surface area (Å²) in [6.45, 7) is 0.889. The molecule has 0 aliphatic carbocycles. The Morgan fingerprint density at radius 3 is 2.52 bits per heavy atom. The molecule has 0 atom stereocenters. The molecule has 0 spiro atoms. The van der Waals surface area contributed by atoms with E-state index in [1.165, 1.54) is 17.7 Å². The van der Waals surface area contributed by atoms with Gasteiger partial charge in [0.2, 0.25) is 0 Å². The van der Waals surface area contributed by atoms with Gasteiger partial charge in [0, 0.05) is 17.3 Å². The van der Waals surface area contributed by atoms with E-state index in [-0.39, 0.29) is 4.90 Å². The molecule has 5 nitrogen and oxygen atoms in total. The summed E-state index contributed by atoms with van der Waals surface area (Å²) in [7, 11) is -3.68. The van der Waals surface area contributed by atoms with Gasteiger partial charge in [0.05, 0.1) is 16.8 Å². The van der Waals surface area contributed by atoms with Crippen LogP contribution in [0.4, 0.5) is 17.2 Å². The van der Waals surface area contributed by atoms with Gasteiger partial charge in [-0.15, -0.1) is 0 Å². The smallest absolute Gasteiger partial charge is 0.261 e. The minimum Gasteiger partial charge on any atom is -0.326 e. The molecule has 4 rings (SSSR count). The Morgan fingerprint density at radius 2 is 1.78 bits per heavy atom. The van der Waals surface area contributed by atoms with E-state index in [0.717, 1.165) is 30.9 Å². The molecule has 0 saturated carbocycles. The fourth-order valence-corrected chi connectivity index (χ4v) is 4.37. The lowest BCUT2D eigenvalue weighted by Gasteiger charge is -2.30. The fraction of sp³-hybridized carbons (Fsp3) is 0.150. The molecule has 0 radical (unpaired) electrons. The Morgan fingerprint density at radius 1 is 1.00 bits per heavy atom. The van der Waals surface area contributed by atoms with Crippen molar-refractivity contribution in [1.82, 2.24) is 4.98 Å². The van der Waals surface area contributed by atoms with E-state index in [0.29, 0.717) is 10.7 Å². The van der Waals surface area contributed by atoms with Gasteiger partial charge < -0.3 is 4.90 Å². The molecular weight excluding hydrogens is 382 g/mol. The number of halogens is 1. The third-order valence-corrected chi connectivity index (χ3v) is 6.16. The van der Waals surface area contributed by atoms with Gasteiger partial charge >= 0.3 is 0 Å². The number of aromatic nitrogens is 1. The van der Waals surface area contributed by atoms with Crippen molar-refractivity contribution in [2.24, 2.45) is 0 Å². The summed E-state index contributed by atoms with van der Waals surface area (Å²) in [6.07, 6.45) is 3.66. The first kappa shape index (κ1) is 17.8. The van der Waals surface area contributed by atoms with Crippen molar-refractivity contribution in [1.29, 1.82) is 0 Å². The average Bonchev–Trinajstić information content (AvgIpc) is 2.68. The van der Waals surface area contributed by atoms with E-state index >= 15 is 0 Å². The molecule has 2 heterocycles. The lowest BCUT2D eigenvalue weighted by atomic mass is 10.0. The van der Waals surface area contributed by atoms with Crippen molar-refractivity contribution >= 4 is 38.8 Å². The molecule has 1 N–H and O–H groups in total. The van der Waals surface area contributed by atoms with Crippen LogP contribution in [0.3, 0.4) is 0 Å². The molecule has 138 valence electrons. The summed E-state index contributed by atoms with van der Waals surface area (Å²) in [6, 6.07) is 17.9. The number of rotatable bonds is 4. The monoisotopic (exact) mass is 399 g/mol. The number of nitrogens with zero attached hydrogens (tertiary/aromatic N) is 2. The van der Waals surface area contributed by atoms with Crippen molar-refractivity contribution < 1.29 is 8.42 Å². The molecule has 0 saturated heterocycles. The number of para-hydroxylation sites is 1. The van der Waals surface area contributed by atoms with Crippen LogP contribution in [-0.4, -0.2) is 19.9 Å². The third kappa shape index (κ3) is 3.77. The lowest BCUT2D eigenvalue weighted by Crippen LogP contribution is -2.25. The van der Waals surface area contributed by atoms with Gasteiger partial charge in [-0.25, -0.2) is 13.4 Å². The summed E-state index contributed by atoms with van der Waals surface area (Å²) in [5, 5.41) is 0.488. The highest BCUT2D eigenvalue weighted by atomic mass is 35.5. The number of aryl methyl sites for hydroxylation is 1. The highest BCUT2D eigenvalue weighted by Crippen LogP contribution is 2.32. The van der Waals surface area contributed by atoms with Gasteiger partial charge in [0.1, 0.15) is 5.82 Å². The maximum absolute atomic E-state index is 12.5. The summed E-state index contributed by atoms with van der Waals surface area (Å²) in [5.74, 6) is 0.802. The number of anilines is 3. The van der Waals surface area contributed by atoms with Gasteiger partial charge in [-0.3, -0.25) is 4.72 Å². The van der Waals surface area contributed by atoms with Gasteiger partial charge in [0.25, 0.3) is 10.0 Å². The van der Waals surface area contributed by atoms with Crippen LogP contribution in [0, 0.1) is 0 Å². The van der Waals surface area contributed by atoms with Crippen molar-refractivity contribution in [2.75, 3.05) is 16.2 Å². The maximum atomic E-state index is 12.5. The van der Waals surface area contributed by atoms with Gasteiger partial charge in [-0.05, 0) is 60.9 Å². The molecule has 0 bridgehead atoms. The zero-order chi connectivity index (χ0) is 18.9. The molecule has 1 aliphatic heterocycles. The molecule has 27 heavy (non-hydrogen) atoms.